The standard InChI is InChI=1S/C14H23N3O/c1-10-12(7-8-16-10)14(18)17-13(9-15)11-5-3-2-4-6-11/h7-8,11,13,16H,2-6,9,15H2,1H3,(H,17,18). The first-order chi connectivity index (χ1) is 8.72. The zero-order chi connectivity index (χ0) is 13.0. The van der Waals surface area contributed by atoms with Crippen LogP contribution in [0.5, 0.6) is 0 Å². The topological polar surface area (TPSA) is 70.9 Å². The third-order valence-corrected chi connectivity index (χ3v) is 3.99. The summed E-state index contributed by atoms with van der Waals surface area (Å²) in [4.78, 5) is 15.2. The lowest BCUT2D eigenvalue weighted by Crippen LogP contribution is -2.46. The zero-order valence-corrected chi connectivity index (χ0v) is 11.0. The Bertz CT molecular complexity index is 393. The van der Waals surface area contributed by atoms with Crippen LogP contribution in [0, 0.1) is 12.8 Å². The minimum Gasteiger partial charge on any atom is -0.365 e. The van der Waals surface area contributed by atoms with Crippen LogP contribution in [-0.4, -0.2) is 23.5 Å². The Morgan fingerprint density at radius 1 is 1.50 bits per heavy atom. The molecule has 1 aromatic heterocycles. The molecule has 0 saturated heterocycles. The summed E-state index contributed by atoms with van der Waals surface area (Å²) in [6, 6.07) is 1.94. The largest absolute Gasteiger partial charge is 0.365 e. The maximum absolute atomic E-state index is 12.2. The minimum atomic E-state index is -0.00484. The summed E-state index contributed by atoms with van der Waals surface area (Å²) in [7, 11) is 0. The first kappa shape index (κ1) is 13.1. The van der Waals surface area contributed by atoms with Gasteiger partial charge in [0.2, 0.25) is 0 Å². The number of hydrogen-bond donors (Lipinski definition) is 3. The van der Waals surface area contributed by atoms with E-state index in [9.17, 15) is 4.79 Å². The van der Waals surface area contributed by atoms with Gasteiger partial charge in [0.25, 0.3) is 5.91 Å². The predicted octanol–water partition coefficient (Wildman–Crippen LogP) is 1.96. The Kier molecular flexibility index (Phi) is 4.42. The van der Waals surface area contributed by atoms with Gasteiger partial charge in [-0.05, 0) is 31.7 Å². The van der Waals surface area contributed by atoms with Crippen molar-refractivity contribution in [2.24, 2.45) is 11.7 Å². The lowest BCUT2D eigenvalue weighted by molar-refractivity contribution is 0.0915. The van der Waals surface area contributed by atoms with Gasteiger partial charge in [0, 0.05) is 24.5 Å². The number of carbonyl (C=O) groups excluding carboxylic acids is 1. The van der Waals surface area contributed by atoms with Crippen LogP contribution in [0.15, 0.2) is 12.3 Å². The van der Waals surface area contributed by atoms with E-state index >= 15 is 0 Å². The van der Waals surface area contributed by atoms with Crippen molar-refractivity contribution in [1.29, 1.82) is 0 Å². The average molecular weight is 249 g/mol. The Morgan fingerprint density at radius 2 is 2.22 bits per heavy atom. The molecule has 4 heteroatoms. The second-order valence-corrected chi connectivity index (χ2v) is 5.23. The van der Waals surface area contributed by atoms with Crippen molar-refractivity contribution in [1.82, 2.24) is 10.3 Å². The fraction of sp³-hybridized carbons (Fsp3) is 0.643. The van der Waals surface area contributed by atoms with Crippen LogP contribution in [0.1, 0.15) is 48.2 Å². The molecule has 2 rings (SSSR count). The highest BCUT2D eigenvalue weighted by atomic mass is 16.1. The van der Waals surface area contributed by atoms with Crippen LogP contribution < -0.4 is 11.1 Å². The van der Waals surface area contributed by atoms with Crippen molar-refractivity contribution in [3.8, 4) is 0 Å². The van der Waals surface area contributed by atoms with E-state index in [2.05, 4.69) is 10.3 Å². The highest BCUT2D eigenvalue weighted by Crippen LogP contribution is 2.26. The SMILES string of the molecule is Cc1[nH]ccc1C(=O)NC(CN)C1CCCCC1. The van der Waals surface area contributed by atoms with Crippen LogP contribution in [0.25, 0.3) is 0 Å². The van der Waals surface area contributed by atoms with Gasteiger partial charge in [0.05, 0.1) is 5.56 Å². The summed E-state index contributed by atoms with van der Waals surface area (Å²) in [5.74, 6) is 0.543. The zero-order valence-electron chi connectivity index (χ0n) is 11.0. The van der Waals surface area contributed by atoms with Crippen molar-refractivity contribution < 1.29 is 4.79 Å². The van der Waals surface area contributed by atoms with Gasteiger partial charge in [-0.15, -0.1) is 0 Å². The number of amides is 1. The molecule has 1 aliphatic rings. The van der Waals surface area contributed by atoms with E-state index in [4.69, 9.17) is 5.73 Å². The third-order valence-electron chi connectivity index (χ3n) is 3.99. The van der Waals surface area contributed by atoms with Crippen molar-refractivity contribution in [3.05, 3.63) is 23.5 Å². The molecule has 100 valence electrons. The molecule has 1 aromatic rings. The number of nitrogens with one attached hydrogen (secondary N) is 2. The molecule has 1 atom stereocenters. The minimum absolute atomic E-state index is 0.00484. The third kappa shape index (κ3) is 2.93. The summed E-state index contributed by atoms with van der Waals surface area (Å²) in [5.41, 5.74) is 7.46. The lowest BCUT2D eigenvalue weighted by Gasteiger charge is -2.30. The lowest BCUT2D eigenvalue weighted by atomic mass is 9.84. The molecule has 1 saturated carbocycles. The Morgan fingerprint density at radius 3 is 2.78 bits per heavy atom. The Balaban J connectivity index is 1.97. The highest BCUT2D eigenvalue weighted by Gasteiger charge is 2.24. The number of aromatic amines is 1. The van der Waals surface area contributed by atoms with Crippen LogP contribution >= 0.6 is 0 Å². The second-order valence-electron chi connectivity index (χ2n) is 5.23. The summed E-state index contributed by atoms with van der Waals surface area (Å²) in [6.45, 7) is 2.44. The van der Waals surface area contributed by atoms with E-state index in [1.165, 1.54) is 32.1 Å². The smallest absolute Gasteiger partial charge is 0.253 e. The molecule has 0 radical (unpaired) electrons. The molecule has 1 fully saturated rings. The van der Waals surface area contributed by atoms with Gasteiger partial charge in [-0.25, -0.2) is 0 Å². The van der Waals surface area contributed by atoms with E-state index < -0.39 is 0 Å². The molecule has 0 aliphatic heterocycles. The van der Waals surface area contributed by atoms with Crippen LogP contribution in [0.4, 0.5) is 0 Å². The van der Waals surface area contributed by atoms with E-state index in [0.29, 0.717) is 12.5 Å². The molecule has 1 amide bonds. The summed E-state index contributed by atoms with van der Waals surface area (Å²) < 4.78 is 0. The quantitative estimate of drug-likeness (QED) is 0.763. The molecule has 0 aromatic carbocycles. The Labute approximate surface area is 108 Å². The number of H-pyrrole nitrogens is 1. The molecule has 1 unspecified atom stereocenters. The molecule has 4 N–H and O–H groups in total. The van der Waals surface area contributed by atoms with E-state index in [1.807, 2.05) is 13.0 Å². The maximum atomic E-state index is 12.2. The van der Waals surface area contributed by atoms with E-state index in [1.54, 1.807) is 6.20 Å². The average Bonchev–Trinajstić information content (AvgIpc) is 2.83. The maximum Gasteiger partial charge on any atom is 0.253 e. The normalized spacial score (nSPS) is 18.6. The van der Waals surface area contributed by atoms with Gasteiger partial charge in [-0.1, -0.05) is 19.3 Å². The molecular formula is C14H23N3O. The summed E-state index contributed by atoms with van der Waals surface area (Å²) in [5, 5.41) is 3.10. The fourth-order valence-corrected chi connectivity index (χ4v) is 2.85. The molecule has 0 spiro atoms. The predicted molar refractivity (Wildman–Crippen MR) is 72.4 cm³/mol. The summed E-state index contributed by atoms with van der Waals surface area (Å²) in [6.07, 6.45) is 8.02. The van der Waals surface area contributed by atoms with Gasteiger partial charge in [0.1, 0.15) is 0 Å². The van der Waals surface area contributed by atoms with Gasteiger partial charge < -0.3 is 16.0 Å². The molecule has 1 aliphatic carbocycles. The van der Waals surface area contributed by atoms with Gasteiger partial charge >= 0.3 is 0 Å². The number of aryl methyl sites for hydroxylation is 1. The number of rotatable bonds is 4. The van der Waals surface area contributed by atoms with Crippen molar-refractivity contribution in [3.63, 3.8) is 0 Å². The van der Waals surface area contributed by atoms with Crippen molar-refractivity contribution in [2.45, 2.75) is 45.1 Å². The molecule has 18 heavy (non-hydrogen) atoms. The number of nitrogens with two attached hydrogens (primary N) is 1. The molecule has 0 bridgehead atoms. The van der Waals surface area contributed by atoms with E-state index in [0.717, 1.165) is 11.3 Å². The Hall–Kier alpha value is -1.29. The number of carbonyl (C=O) groups is 1. The molecule has 4 nitrogen and oxygen atoms in total. The fourth-order valence-electron chi connectivity index (χ4n) is 2.85. The second kappa shape index (κ2) is 6.05. The van der Waals surface area contributed by atoms with Gasteiger partial charge in [-0.3, -0.25) is 4.79 Å². The first-order valence-electron chi connectivity index (χ1n) is 6.87. The van der Waals surface area contributed by atoms with Gasteiger partial charge in [-0.2, -0.15) is 0 Å². The van der Waals surface area contributed by atoms with Gasteiger partial charge in [0.15, 0.2) is 0 Å². The van der Waals surface area contributed by atoms with Crippen LogP contribution in [0.3, 0.4) is 0 Å². The van der Waals surface area contributed by atoms with Crippen LogP contribution in [-0.2, 0) is 0 Å². The van der Waals surface area contributed by atoms with Crippen LogP contribution in [0.2, 0.25) is 0 Å². The van der Waals surface area contributed by atoms with Crippen molar-refractivity contribution in [2.75, 3.05) is 6.54 Å². The number of aromatic nitrogens is 1. The van der Waals surface area contributed by atoms with Crippen molar-refractivity contribution >= 4 is 5.91 Å². The molecular weight excluding hydrogens is 226 g/mol. The summed E-state index contributed by atoms with van der Waals surface area (Å²) >= 11 is 0. The number of hydrogen-bond acceptors (Lipinski definition) is 2. The first-order valence-corrected chi connectivity index (χ1v) is 6.87. The van der Waals surface area contributed by atoms with E-state index in [-0.39, 0.29) is 11.9 Å². The monoisotopic (exact) mass is 249 g/mol. The highest BCUT2D eigenvalue weighted by molar-refractivity contribution is 5.95. The molecule has 1 heterocycles.